The lowest BCUT2D eigenvalue weighted by atomic mass is 9.93. The molecule has 1 saturated heterocycles. The van der Waals surface area contributed by atoms with Crippen LogP contribution in [0.5, 0.6) is 5.75 Å². The SMILES string of the molecule is C[C@@H](O)CNC(=O)c1ccc(OCCCC2CCNCC2)cc1F. The minimum absolute atomic E-state index is 0.0438. The number of carbonyl (C=O) groups excluding carboxylic acids is 1. The van der Waals surface area contributed by atoms with Crippen LogP contribution in [0.2, 0.25) is 0 Å². The number of hydrogen-bond acceptors (Lipinski definition) is 4. The molecule has 1 heterocycles. The summed E-state index contributed by atoms with van der Waals surface area (Å²) in [4.78, 5) is 11.8. The number of amides is 1. The van der Waals surface area contributed by atoms with Gasteiger partial charge in [-0.05, 0) is 63.7 Å². The molecule has 1 atom stereocenters. The summed E-state index contributed by atoms with van der Waals surface area (Å²) < 4.78 is 19.6. The van der Waals surface area contributed by atoms with Gasteiger partial charge in [-0.15, -0.1) is 0 Å². The van der Waals surface area contributed by atoms with Crippen LogP contribution in [0.1, 0.15) is 43.0 Å². The van der Waals surface area contributed by atoms with Crippen LogP contribution in [0.15, 0.2) is 18.2 Å². The number of benzene rings is 1. The molecule has 1 amide bonds. The molecular weight excluding hydrogens is 311 g/mol. The zero-order chi connectivity index (χ0) is 17.4. The van der Waals surface area contributed by atoms with Crippen molar-refractivity contribution in [3.05, 3.63) is 29.6 Å². The van der Waals surface area contributed by atoms with E-state index >= 15 is 0 Å². The van der Waals surface area contributed by atoms with Crippen LogP contribution in [0.3, 0.4) is 0 Å². The first-order valence-electron chi connectivity index (χ1n) is 8.65. The Hall–Kier alpha value is -1.66. The molecule has 1 fully saturated rings. The minimum atomic E-state index is -0.667. The summed E-state index contributed by atoms with van der Waals surface area (Å²) in [6, 6.07) is 4.25. The van der Waals surface area contributed by atoms with Gasteiger partial charge in [-0.3, -0.25) is 4.79 Å². The van der Waals surface area contributed by atoms with Crippen LogP contribution in [0.4, 0.5) is 4.39 Å². The smallest absolute Gasteiger partial charge is 0.254 e. The van der Waals surface area contributed by atoms with E-state index < -0.39 is 17.8 Å². The number of aliphatic hydroxyl groups is 1. The van der Waals surface area contributed by atoms with Gasteiger partial charge in [-0.2, -0.15) is 0 Å². The highest BCUT2D eigenvalue weighted by Crippen LogP contribution is 2.20. The minimum Gasteiger partial charge on any atom is -0.493 e. The van der Waals surface area contributed by atoms with Crippen molar-refractivity contribution < 1.29 is 19.0 Å². The maximum Gasteiger partial charge on any atom is 0.254 e. The van der Waals surface area contributed by atoms with Crippen molar-refractivity contribution in [2.75, 3.05) is 26.2 Å². The summed E-state index contributed by atoms with van der Waals surface area (Å²) in [6.07, 6.45) is 3.84. The Kier molecular flexibility index (Phi) is 7.46. The Morgan fingerprint density at radius 1 is 1.46 bits per heavy atom. The summed E-state index contributed by atoms with van der Waals surface area (Å²) >= 11 is 0. The molecule has 1 aromatic rings. The number of ether oxygens (including phenoxy) is 1. The van der Waals surface area contributed by atoms with Crippen molar-refractivity contribution in [3.63, 3.8) is 0 Å². The topological polar surface area (TPSA) is 70.6 Å². The monoisotopic (exact) mass is 338 g/mol. The van der Waals surface area contributed by atoms with Gasteiger partial charge in [0.15, 0.2) is 0 Å². The number of nitrogens with one attached hydrogen (secondary N) is 2. The fourth-order valence-corrected chi connectivity index (χ4v) is 2.84. The largest absolute Gasteiger partial charge is 0.493 e. The van der Waals surface area contributed by atoms with Gasteiger partial charge in [0.1, 0.15) is 11.6 Å². The molecule has 0 aromatic heterocycles. The second kappa shape index (κ2) is 9.59. The third kappa shape index (κ3) is 6.09. The molecule has 0 saturated carbocycles. The van der Waals surface area contributed by atoms with Crippen LogP contribution < -0.4 is 15.4 Å². The average molecular weight is 338 g/mol. The van der Waals surface area contributed by atoms with Crippen LogP contribution in [0, 0.1) is 11.7 Å². The van der Waals surface area contributed by atoms with Crippen molar-refractivity contribution in [1.82, 2.24) is 10.6 Å². The lowest BCUT2D eigenvalue weighted by Crippen LogP contribution is -2.31. The van der Waals surface area contributed by atoms with Crippen LogP contribution >= 0.6 is 0 Å². The van der Waals surface area contributed by atoms with E-state index in [9.17, 15) is 9.18 Å². The predicted octanol–water partition coefficient (Wildman–Crippen LogP) is 2.09. The number of carbonyl (C=O) groups is 1. The molecule has 0 aliphatic carbocycles. The molecular formula is C18H27FN2O3. The molecule has 1 aliphatic heterocycles. The molecule has 0 bridgehead atoms. The van der Waals surface area contributed by atoms with Crippen molar-refractivity contribution in [2.24, 2.45) is 5.92 Å². The summed E-state index contributed by atoms with van der Waals surface area (Å²) in [7, 11) is 0. The first-order chi connectivity index (χ1) is 11.6. The first-order valence-corrected chi connectivity index (χ1v) is 8.65. The zero-order valence-electron chi connectivity index (χ0n) is 14.2. The first kappa shape index (κ1) is 18.7. The van der Waals surface area contributed by atoms with Crippen molar-refractivity contribution in [3.8, 4) is 5.75 Å². The third-order valence-corrected chi connectivity index (χ3v) is 4.23. The van der Waals surface area contributed by atoms with E-state index in [1.165, 1.54) is 25.0 Å². The Balaban J connectivity index is 1.75. The zero-order valence-corrected chi connectivity index (χ0v) is 14.2. The quantitative estimate of drug-likeness (QED) is 0.635. The van der Waals surface area contributed by atoms with E-state index in [4.69, 9.17) is 9.84 Å². The third-order valence-electron chi connectivity index (χ3n) is 4.23. The fourth-order valence-electron chi connectivity index (χ4n) is 2.84. The normalized spacial score (nSPS) is 16.6. The van der Waals surface area contributed by atoms with Gasteiger partial charge in [0, 0.05) is 12.6 Å². The standard InChI is InChI=1S/C18H27FN2O3/c1-13(22)12-21-18(23)16-5-4-15(11-17(16)19)24-10-2-3-14-6-8-20-9-7-14/h4-5,11,13-14,20,22H,2-3,6-10,12H2,1H3,(H,21,23)/t13-/m1/s1. The molecule has 2 rings (SSSR count). The van der Waals surface area contributed by atoms with Gasteiger partial charge in [-0.1, -0.05) is 0 Å². The second-order valence-electron chi connectivity index (χ2n) is 6.38. The van der Waals surface area contributed by atoms with Crippen LogP contribution in [0.25, 0.3) is 0 Å². The van der Waals surface area contributed by atoms with Crippen molar-refractivity contribution >= 4 is 5.91 Å². The molecule has 24 heavy (non-hydrogen) atoms. The van der Waals surface area contributed by atoms with Crippen LogP contribution in [-0.2, 0) is 0 Å². The average Bonchev–Trinajstić information content (AvgIpc) is 2.57. The Morgan fingerprint density at radius 3 is 2.88 bits per heavy atom. The van der Waals surface area contributed by atoms with Crippen molar-refractivity contribution in [1.29, 1.82) is 0 Å². The number of halogens is 1. The number of aliphatic hydroxyl groups excluding tert-OH is 1. The summed E-state index contributed by atoms with van der Waals surface area (Å²) in [5.41, 5.74) is -0.0438. The summed E-state index contributed by atoms with van der Waals surface area (Å²) in [6.45, 7) is 4.38. The maximum absolute atomic E-state index is 14.0. The Morgan fingerprint density at radius 2 is 2.21 bits per heavy atom. The molecule has 1 aliphatic rings. The highest BCUT2D eigenvalue weighted by atomic mass is 19.1. The Labute approximate surface area is 142 Å². The molecule has 134 valence electrons. The second-order valence-corrected chi connectivity index (χ2v) is 6.38. The molecule has 0 spiro atoms. The van der Waals surface area contributed by atoms with E-state index in [-0.39, 0.29) is 12.1 Å². The molecule has 6 heteroatoms. The molecule has 3 N–H and O–H groups in total. The van der Waals surface area contributed by atoms with Gasteiger partial charge in [-0.25, -0.2) is 4.39 Å². The highest BCUT2D eigenvalue weighted by molar-refractivity contribution is 5.94. The summed E-state index contributed by atoms with van der Waals surface area (Å²) in [5.74, 6) is 0.0382. The molecule has 0 unspecified atom stereocenters. The van der Waals surface area contributed by atoms with E-state index in [2.05, 4.69) is 10.6 Å². The van der Waals surface area contributed by atoms with Gasteiger partial charge in [0.05, 0.1) is 18.3 Å². The van der Waals surface area contributed by atoms with Gasteiger partial charge in [0.2, 0.25) is 0 Å². The fraction of sp³-hybridized carbons (Fsp3) is 0.611. The van der Waals surface area contributed by atoms with Gasteiger partial charge >= 0.3 is 0 Å². The van der Waals surface area contributed by atoms with E-state index in [0.717, 1.165) is 31.8 Å². The number of rotatable bonds is 8. The van der Waals surface area contributed by atoms with Crippen molar-refractivity contribution in [2.45, 2.75) is 38.7 Å². The van der Waals surface area contributed by atoms with E-state index in [1.807, 2.05) is 0 Å². The maximum atomic E-state index is 14.0. The molecule has 5 nitrogen and oxygen atoms in total. The van der Waals surface area contributed by atoms with E-state index in [1.54, 1.807) is 13.0 Å². The van der Waals surface area contributed by atoms with Gasteiger partial charge in [0.25, 0.3) is 5.91 Å². The molecule has 0 radical (unpaired) electrons. The van der Waals surface area contributed by atoms with Crippen LogP contribution in [-0.4, -0.2) is 43.4 Å². The highest BCUT2D eigenvalue weighted by Gasteiger charge is 2.14. The number of hydrogen-bond donors (Lipinski definition) is 3. The lowest BCUT2D eigenvalue weighted by molar-refractivity contribution is 0.0920. The lowest BCUT2D eigenvalue weighted by Gasteiger charge is -2.22. The van der Waals surface area contributed by atoms with Gasteiger partial charge < -0.3 is 20.5 Å². The molecule has 1 aromatic carbocycles. The Bertz CT molecular complexity index is 531. The van der Waals surface area contributed by atoms with E-state index in [0.29, 0.717) is 12.4 Å². The number of piperidine rings is 1. The predicted molar refractivity (Wildman–Crippen MR) is 90.7 cm³/mol. The summed E-state index contributed by atoms with van der Waals surface area (Å²) in [5, 5.41) is 15.0.